The molecule has 0 aliphatic rings. The summed E-state index contributed by atoms with van der Waals surface area (Å²) in [5, 5.41) is 3.95. The number of hydrogen-bond donors (Lipinski definition) is 1. The van der Waals surface area contributed by atoms with Crippen LogP contribution in [0.4, 0.5) is 0 Å². The first-order valence-corrected chi connectivity index (χ1v) is 10.7. The molecule has 3 rings (SSSR count). The van der Waals surface area contributed by atoms with E-state index in [4.69, 9.17) is 14.0 Å². The zero-order chi connectivity index (χ0) is 19.6. The third-order valence-corrected chi connectivity index (χ3v) is 6.05. The Labute approximate surface area is 162 Å². The van der Waals surface area contributed by atoms with Crippen molar-refractivity contribution in [1.82, 2.24) is 5.16 Å². The van der Waals surface area contributed by atoms with Crippen LogP contribution >= 0.6 is 18.6 Å². The van der Waals surface area contributed by atoms with Crippen molar-refractivity contribution < 1.29 is 23.5 Å². The fourth-order valence-corrected chi connectivity index (χ4v) is 4.35. The topological polar surface area (TPSA) is 81.8 Å². The summed E-state index contributed by atoms with van der Waals surface area (Å²) in [6.45, 7) is 4.01. The highest BCUT2D eigenvalue weighted by Gasteiger charge is 2.22. The van der Waals surface area contributed by atoms with Gasteiger partial charge in [0.1, 0.15) is 16.4 Å². The van der Waals surface area contributed by atoms with E-state index < -0.39 is 7.23 Å². The first kappa shape index (κ1) is 19.4. The van der Waals surface area contributed by atoms with Gasteiger partial charge in [0.25, 0.3) is 0 Å². The maximum Gasteiger partial charge on any atom is 0.588 e. The minimum atomic E-state index is -2.40. The zero-order valence-corrected chi connectivity index (χ0v) is 17.1. The molecule has 0 saturated heterocycles. The van der Waals surface area contributed by atoms with Gasteiger partial charge in [-0.25, -0.2) is 0 Å². The molecule has 1 atom stereocenters. The summed E-state index contributed by atoms with van der Waals surface area (Å²) in [6, 6.07) is 9.35. The van der Waals surface area contributed by atoms with Crippen LogP contribution < -0.4 is 9.47 Å². The molecule has 0 saturated carbocycles. The monoisotopic (exact) mass is 404 g/mol. The molecule has 8 heteroatoms. The van der Waals surface area contributed by atoms with Crippen molar-refractivity contribution in [3.05, 3.63) is 47.7 Å². The van der Waals surface area contributed by atoms with E-state index in [1.807, 2.05) is 32.0 Å². The van der Waals surface area contributed by atoms with Gasteiger partial charge < -0.3 is 14.0 Å². The van der Waals surface area contributed by atoms with Crippen LogP contribution in [-0.2, 0) is 4.57 Å². The third kappa shape index (κ3) is 4.00. The molecule has 0 fully saturated rings. The zero-order valence-electron chi connectivity index (χ0n) is 15.3. The van der Waals surface area contributed by atoms with Crippen molar-refractivity contribution >= 4 is 18.6 Å². The van der Waals surface area contributed by atoms with Crippen molar-refractivity contribution in [2.75, 3.05) is 14.2 Å². The van der Waals surface area contributed by atoms with Crippen molar-refractivity contribution in [2.24, 2.45) is 0 Å². The second-order valence-corrected chi connectivity index (χ2v) is 8.47. The van der Waals surface area contributed by atoms with E-state index in [-0.39, 0.29) is 0 Å². The van der Waals surface area contributed by atoms with Gasteiger partial charge in [0, 0.05) is 11.1 Å². The number of benzene rings is 2. The third-order valence-electron chi connectivity index (χ3n) is 4.32. The smallest absolute Gasteiger partial charge is 0.496 e. The summed E-state index contributed by atoms with van der Waals surface area (Å²) in [7, 11) is 0.755. The van der Waals surface area contributed by atoms with Gasteiger partial charge in [-0.2, -0.15) is 4.89 Å². The Morgan fingerprint density at radius 2 is 1.81 bits per heavy atom. The van der Waals surface area contributed by atoms with Gasteiger partial charge in [0.15, 0.2) is 5.76 Å². The molecule has 1 heterocycles. The molecule has 0 radical (unpaired) electrons. The molecule has 1 unspecified atom stereocenters. The summed E-state index contributed by atoms with van der Waals surface area (Å²) in [4.78, 5) is 9.84. The van der Waals surface area contributed by atoms with Crippen LogP contribution in [0.3, 0.4) is 0 Å². The summed E-state index contributed by atoms with van der Waals surface area (Å²) in [5.74, 6) is 1.91. The number of rotatable bonds is 6. The van der Waals surface area contributed by atoms with Gasteiger partial charge in [0.2, 0.25) is 11.4 Å². The predicted octanol–water partition coefficient (Wildman–Crippen LogP) is 5.38. The van der Waals surface area contributed by atoms with Gasteiger partial charge in [-0.3, -0.25) is 0 Å². The number of aromatic nitrogens is 1. The van der Waals surface area contributed by atoms with Crippen LogP contribution in [0.5, 0.6) is 11.5 Å². The highest BCUT2D eigenvalue weighted by Crippen LogP contribution is 2.46. The highest BCUT2D eigenvalue weighted by atomic mass is 32.7. The van der Waals surface area contributed by atoms with Crippen molar-refractivity contribution in [2.45, 2.75) is 18.7 Å². The van der Waals surface area contributed by atoms with E-state index in [0.29, 0.717) is 16.4 Å². The standard InChI is InChI=1S/C19H18NO5PS/c1-11-7-14(8-17(24-4)12(11)2)19-15(10-20-25-19)13-5-6-16(23-3)18(9-13)27-26(21)22/h5-10H,1-4H3/p+1. The Hall–Kier alpha value is -2.34. The minimum absolute atomic E-state index is 0.534. The van der Waals surface area contributed by atoms with Crippen LogP contribution in [-0.4, -0.2) is 24.3 Å². The summed E-state index contributed by atoms with van der Waals surface area (Å²) in [5.41, 5.74) is 4.58. The van der Waals surface area contributed by atoms with Gasteiger partial charge in [-0.15, -0.1) is 0 Å². The molecule has 27 heavy (non-hydrogen) atoms. The van der Waals surface area contributed by atoms with E-state index in [1.165, 1.54) is 7.11 Å². The lowest BCUT2D eigenvalue weighted by Gasteiger charge is -2.11. The summed E-state index contributed by atoms with van der Waals surface area (Å²) < 4.78 is 27.5. The van der Waals surface area contributed by atoms with E-state index in [1.54, 1.807) is 25.4 Å². The number of aryl methyl sites for hydroxylation is 1. The lowest BCUT2D eigenvalue weighted by Crippen LogP contribution is -1.92. The van der Waals surface area contributed by atoms with Crippen molar-refractivity contribution in [3.63, 3.8) is 0 Å². The number of methoxy groups -OCH3 is 2. The lowest BCUT2D eigenvalue weighted by atomic mass is 9.98. The van der Waals surface area contributed by atoms with Crippen LogP contribution in [0.25, 0.3) is 22.5 Å². The van der Waals surface area contributed by atoms with Gasteiger partial charge >= 0.3 is 7.23 Å². The summed E-state index contributed by atoms with van der Waals surface area (Å²) >= 11 is 0.842. The fraction of sp³-hybridized carbons (Fsp3) is 0.211. The number of ether oxygens (including phenoxy) is 2. The molecule has 0 bridgehead atoms. The fourth-order valence-electron chi connectivity index (χ4n) is 2.82. The maximum absolute atomic E-state index is 11.3. The van der Waals surface area contributed by atoms with E-state index in [0.717, 1.165) is 44.9 Å². The molecule has 0 spiro atoms. The molecule has 3 aromatic rings. The second kappa shape index (κ2) is 8.13. The molecule has 140 valence electrons. The lowest BCUT2D eigenvalue weighted by molar-refractivity contribution is 0.405. The molecule has 0 amide bonds. The Balaban J connectivity index is 2.11. The second-order valence-electron chi connectivity index (χ2n) is 5.88. The largest absolute Gasteiger partial charge is 0.588 e. The van der Waals surface area contributed by atoms with E-state index in [9.17, 15) is 9.46 Å². The minimum Gasteiger partial charge on any atom is -0.496 e. The van der Waals surface area contributed by atoms with E-state index in [2.05, 4.69) is 5.16 Å². The average Bonchev–Trinajstić information content (AvgIpc) is 3.13. The molecular formula is C19H19NO5PS+. The van der Waals surface area contributed by atoms with Crippen molar-refractivity contribution in [1.29, 1.82) is 0 Å². The van der Waals surface area contributed by atoms with E-state index >= 15 is 0 Å². The molecule has 0 aliphatic carbocycles. The Bertz CT molecular complexity index is 1000. The first-order chi connectivity index (χ1) is 12.9. The van der Waals surface area contributed by atoms with Gasteiger partial charge in [-0.05, 0) is 59.4 Å². The van der Waals surface area contributed by atoms with Crippen LogP contribution in [0.1, 0.15) is 11.1 Å². The van der Waals surface area contributed by atoms with Crippen molar-refractivity contribution in [3.8, 4) is 33.9 Å². The quantitative estimate of drug-likeness (QED) is 0.552. The Kier molecular flexibility index (Phi) is 5.85. The molecule has 1 N–H and O–H groups in total. The molecule has 6 nitrogen and oxygen atoms in total. The average molecular weight is 404 g/mol. The Morgan fingerprint density at radius 1 is 1.07 bits per heavy atom. The normalized spacial score (nSPS) is 11.4. The maximum atomic E-state index is 11.3. The predicted molar refractivity (Wildman–Crippen MR) is 106 cm³/mol. The summed E-state index contributed by atoms with van der Waals surface area (Å²) in [6.07, 6.45) is 1.63. The molecule has 2 aromatic carbocycles. The van der Waals surface area contributed by atoms with Gasteiger partial charge in [-0.1, -0.05) is 11.2 Å². The van der Waals surface area contributed by atoms with Gasteiger partial charge in [0.05, 0.1) is 20.4 Å². The highest BCUT2D eigenvalue weighted by molar-refractivity contribution is 8.50. The SMILES string of the molecule is COc1ccc(-c2cnoc2-c2cc(C)c(C)c(OC)c2)cc1S[P+](=O)O. The number of hydrogen-bond acceptors (Lipinski definition) is 6. The van der Waals surface area contributed by atoms with Crippen LogP contribution in [0.15, 0.2) is 45.9 Å². The molecular weight excluding hydrogens is 385 g/mol. The Morgan fingerprint density at radius 3 is 2.48 bits per heavy atom. The van der Waals surface area contributed by atoms with Crippen LogP contribution in [0, 0.1) is 13.8 Å². The molecule has 1 aromatic heterocycles. The number of nitrogens with zero attached hydrogens (tertiary/aromatic N) is 1. The van der Waals surface area contributed by atoms with Crippen LogP contribution in [0.2, 0.25) is 0 Å². The first-order valence-electron chi connectivity index (χ1n) is 8.07. The molecule has 0 aliphatic heterocycles.